The van der Waals surface area contributed by atoms with E-state index in [2.05, 4.69) is 43.5 Å². The number of carbonyl (C=O) groups excluding carboxylic acids is 2. The Morgan fingerprint density at radius 2 is 1.68 bits per heavy atom. The molecule has 0 bridgehead atoms. The van der Waals surface area contributed by atoms with E-state index in [-0.39, 0.29) is 12.5 Å². The van der Waals surface area contributed by atoms with E-state index in [1.54, 1.807) is 0 Å². The number of esters is 1. The van der Waals surface area contributed by atoms with Crippen molar-refractivity contribution in [1.82, 2.24) is 5.32 Å². The predicted octanol–water partition coefficient (Wildman–Crippen LogP) is 3.70. The first-order valence-electron chi connectivity index (χ1n) is 9.72. The van der Waals surface area contributed by atoms with Gasteiger partial charge in [-0.25, -0.2) is 4.79 Å². The van der Waals surface area contributed by atoms with Crippen molar-refractivity contribution < 1.29 is 14.3 Å². The summed E-state index contributed by atoms with van der Waals surface area (Å²) in [6.45, 7) is 8.40. The maximum Gasteiger partial charge on any atom is 0.329 e. The highest BCUT2D eigenvalue weighted by atomic mass is 16.5. The van der Waals surface area contributed by atoms with Crippen molar-refractivity contribution in [2.75, 3.05) is 18.5 Å². The van der Waals surface area contributed by atoms with E-state index < -0.39 is 12.0 Å². The average molecular weight is 383 g/mol. The average Bonchev–Trinajstić information content (AvgIpc) is 2.67. The minimum atomic E-state index is -0.479. The van der Waals surface area contributed by atoms with Crippen LogP contribution >= 0.6 is 0 Å². The summed E-state index contributed by atoms with van der Waals surface area (Å²) in [6, 6.07) is 13.3. The SMILES string of the molecule is CCC(Nc1ccccc1)C(=O)OCC(=O)NCCc1c(C)cc(C)cc1C. The molecule has 2 aromatic carbocycles. The van der Waals surface area contributed by atoms with Gasteiger partial charge in [0.05, 0.1) is 0 Å². The number of aryl methyl sites for hydroxylation is 3. The molecule has 1 amide bonds. The van der Waals surface area contributed by atoms with Gasteiger partial charge in [0.1, 0.15) is 6.04 Å². The zero-order valence-electron chi connectivity index (χ0n) is 17.2. The fourth-order valence-corrected chi connectivity index (χ4v) is 3.28. The first-order valence-corrected chi connectivity index (χ1v) is 9.72. The number of hydrogen-bond donors (Lipinski definition) is 2. The van der Waals surface area contributed by atoms with Crippen molar-refractivity contribution in [3.63, 3.8) is 0 Å². The molecule has 0 saturated heterocycles. The Morgan fingerprint density at radius 3 is 2.29 bits per heavy atom. The molecule has 0 radical (unpaired) electrons. The van der Waals surface area contributed by atoms with Crippen molar-refractivity contribution in [3.05, 3.63) is 64.7 Å². The molecule has 0 fully saturated rings. The van der Waals surface area contributed by atoms with Crippen LogP contribution < -0.4 is 10.6 Å². The van der Waals surface area contributed by atoms with Crippen molar-refractivity contribution in [3.8, 4) is 0 Å². The summed E-state index contributed by atoms with van der Waals surface area (Å²) >= 11 is 0. The fraction of sp³-hybridized carbons (Fsp3) is 0.391. The van der Waals surface area contributed by atoms with Crippen LogP contribution in [0.25, 0.3) is 0 Å². The minimum Gasteiger partial charge on any atom is -0.454 e. The standard InChI is InChI=1S/C23H30N2O3/c1-5-21(25-19-9-7-6-8-10-19)23(27)28-15-22(26)24-12-11-20-17(3)13-16(2)14-18(20)4/h6-10,13-14,21,25H,5,11-12,15H2,1-4H3,(H,24,26). The van der Waals surface area contributed by atoms with Gasteiger partial charge in [0, 0.05) is 12.2 Å². The zero-order chi connectivity index (χ0) is 20.5. The Kier molecular flexibility index (Phi) is 8.05. The van der Waals surface area contributed by atoms with Gasteiger partial charge in [-0.3, -0.25) is 4.79 Å². The summed E-state index contributed by atoms with van der Waals surface area (Å²) in [5, 5.41) is 5.95. The maximum atomic E-state index is 12.2. The van der Waals surface area contributed by atoms with Crippen LogP contribution in [-0.4, -0.2) is 31.1 Å². The van der Waals surface area contributed by atoms with Gasteiger partial charge < -0.3 is 15.4 Å². The van der Waals surface area contributed by atoms with Gasteiger partial charge in [0.25, 0.3) is 5.91 Å². The molecule has 28 heavy (non-hydrogen) atoms. The van der Waals surface area contributed by atoms with Gasteiger partial charge in [-0.05, 0) is 62.4 Å². The van der Waals surface area contributed by atoms with E-state index >= 15 is 0 Å². The summed E-state index contributed by atoms with van der Waals surface area (Å²) in [5.41, 5.74) is 5.80. The highest BCUT2D eigenvalue weighted by molar-refractivity contribution is 5.83. The number of anilines is 1. The molecule has 0 spiro atoms. The molecular weight excluding hydrogens is 352 g/mol. The predicted molar refractivity (Wildman–Crippen MR) is 112 cm³/mol. The third-order valence-corrected chi connectivity index (χ3v) is 4.69. The highest BCUT2D eigenvalue weighted by Gasteiger charge is 2.19. The molecule has 5 heteroatoms. The van der Waals surface area contributed by atoms with Gasteiger partial charge >= 0.3 is 5.97 Å². The number of carbonyl (C=O) groups is 2. The summed E-state index contributed by atoms with van der Waals surface area (Å²) in [4.78, 5) is 24.3. The molecule has 5 nitrogen and oxygen atoms in total. The summed E-state index contributed by atoms with van der Waals surface area (Å²) in [6.07, 6.45) is 1.33. The lowest BCUT2D eigenvalue weighted by Crippen LogP contribution is -2.35. The lowest BCUT2D eigenvalue weighted by Gasteiger charge is -2.17. The second-order valence-corrected chi connectivity index (χ2v) is 7.06. The van der Waals surface area contributed by atoms with Crippen LogP contribution in [0, 0.1) is 20.8 Å². The molecular formula is C23H30N2O3. The van der Waals surface area contributed by atoms with Gasteiger partial charge in [-0.2, -0.15) is 0 Å². The molecule has 0 saturated carbocycles. The smallest absolute Gasteiger partial charge is 0.329 e. The summed E-state index contributed by atoms with van der Waals surface area (Å²) in [7, 11) is 0. The summed E-state index contributed by atoms with van der Waals surface area (Å²) < 4.78 is 5.18. The number of para-hydroxylation sites is 1. The molecule has 0 heterocycles. The molecule has 2 N–H and O–H groups in total. The lowest BCUT2D eigenvalue weighted by molar-refractivity contribution is -0.149. The number of benzene rings is 2. The Balaban J connectivity index is 1.76. The Hall–Kier alpha value is -2.82. The largest absolute Gasteiger partial charge is 0.454 e. The molecule has 1 atom stereocenters. The Bertz CT molecular complexity index is 780. The normalized spacial score (nSPS) is 11.6. The first-order chi connectivity index (χ1) is 13.4. The highest BCUT2D eigenvalue weighted by Crippen LogP contribution is 2.16. The fourth-order valence-electron chi connectivity index (χ4n) is 3.28. The molecule has 2 aromatic rings. The Morgan fingerprint density at radius 1 is 1.04 bits per heavy atom. The minimum absolute atomic E-state index is 0.266. The molecule has 0 aromatic heterocycles. The molecule has 0 aliphatic heterocycles. The van der Waals surface area contributed by atoms with Crippen LogP contribution in [0.15, 0.2) is 42.5 Å². The molecule has 0 aliphatic rings. The van der Waals surface area contributed by atoms with Gasteiger partial charge in [0.15, 0.2) is 6.61 Å². The van der Waals surface area contributed by atoms with Crippen molar-refractivity contribution in [1.29, 1.82) is 0 Å². The topological polar surface area (TPSA) is 67.4 Å². The number of ether oxygens (including phenoxy) is 1. The van der Waals surface area contributed by atoms with Crippen LogP contribution in [0.1, 0.15) is 35.6 Å². The third-order valence-electron chi connectivity index (χ3n) is 4.69. The van der Waals surface area contributed by atoms with E-state index in [0.29, 0.717) is 13.0 Å². The van der Waals surface area contributed by atoms with Crippen LogP contribution in [-0.2, 0) is 20.7 Å². The van der Waals surface area contributed by atoms with Gasteiger partial charge in [-0.15, -0.1) is 0 Å². The molecule has 150 valence electrons. The first kappa shape index (κ1) is 21.5. The Labute approximate surface area is 167 Å². The molecule has 2 rings (SSSR count). The van der Waals surface area contributed by atoms with E-state index in [1.165, 1.54) is 22.3 Å². The van der Waals surface area contributed by atoms with E-state index in [1.807, 2.05) is 37.3 Å². The van der Waals surface area contributed by atoms with Crippen LogP contribution in [0.4, 0.5) is 5.69 Å². The number of hydrogen-bond acceptors (Lipinski definition) is 4. The second kappa shape index (κ2) is 10.5. The van der Waals surface area contributed by atoms with Gasteiger partial charge in [-0.1, -0.05) is 42.8 Å². The van der Waals surface area contributed by atoms with Crippen molar-refractivity contribution >= 4 is 17.6 Å². The number of amides is 1. The maximum absolute atomic E-state index is 12.2. The van der Waals surface area contributed by atoms with E-state index in [4.69, 9.17) is 4.74 Å². The van der Waals surface area contributed by atoms with Crippen LogP contribution in [0.5, 0.6) is 0 Å². The van der Waals surface area contributed by atoms with Crippen LogP contribution in [0.2, 0.25) is 0 Å². The van der Waals surface area contributed by atoms with E-state index in [9.17, 15) is 9.59 Å². The van der Waals surface area contributed by atoms with E-state index in [0.717, 1.165) is 12.1 Å². The quantitative estimate of drug-likeness (QED) is 0.649. The molecule has 0 aliphatic carbocycles. The summed E-state index contributed by atoms with van der Waals surface area (Å²) in [5.74, 6) is -0.711. The number of rotatable bonds is 9. The zero-order valence-corrected chi connectivity index (χ0v) is 17.2. The van der Waals surface area contributed by atoms with Crippen molar-refractivity contribution in [2.24, 2.45) is 0 Å². The second-order valence-electron chi connectivity index (χ2n) is 7.06. The van der Waals surface area contributed by atoms with Crippen LogP contribution in [0.3, 0.4) is 0 Å². The molecule has 1 unspecified atom stereocenters. The monoisotopic (exact) mass is 382 g/mol. The third kappa shape index (κ3) is 6.41. The van der Waals surface area contributed by atoms with Gasteiger partial charge in [0.2, 0.25) is 0 Å². The lowest BCUT2D eigenvalue weighted by atomic mass is 9.97. The number of nitrogens with one attached hydrogen (secondary N) is 2. The van der Waals surface area contributed by atoms with Crippen molar-refractivity contribution in [2.45, 2.75) is 46.6 Å².